The van der Waals surface area contributed by atoms with Crippen molar-refractivity contribution in [1.29, 1.82) is 0 Å². The molecule has 126 valence electrons. The highest BCUT2D eigenvalue weighted by atomic mass is 35.5. The Labute approximate surface area is 146 Å². The second-order valence-corrected chi connectivity index (χ2v) is 6.32. The second-order valence-electron chi connectivity index (χ2n) is 4.92. The van der Waals surface area contributed by atoms with Gasteiger partial charge in [-0.2, -0.15) is 0 Å². The van der Waals surface area contributed by atoms with Crippen LogP contribution in [0.3, 0.4) is 0 Å². The van der Waals surface area contributed by atoms with Crippen LogP contribution in [0.15, 0.2) is 36.9 Å². The fraction of sp³-hybridized carbons (Fsp3) is 0.412. The number of alkyl carbamates (subject to hydrolysis) is 1. The lowest BCUT2D eigenvalue weighted by atomic mass is 10.1. The molecule has 0 heterocycles. The number of hydrogen-bond donors (Lipinski definition) is 1. The second kappa shape index (κ2) is 11.1. The molecular formula is C17H22ClNO3S. The van der Waals surface area contributed by atoms with Gasteiger partial charge in [0, 0.05) is 10.8 Å². The van der Waals surface area contributed by atoms with Crippen LogP contribution in [-0.4, -0.2) is 30.3 Å². The molecule has 1 atom stereocenters. The zero-order chi connectivity index (χ0) is 17.1. The number of rotatable bonds is 10. The average Bonchev–Trinajstić information content (AvgIpc) is 2.54. The Bertz CT molecular complexity index is 536. The van der Waals surface area contributed by atoms with Crippen molar-refractivity contribution in [1.82, 2.24) is 5.32 Å². The summed E-state index contributed by atoms with van der Waals surface area (Å²) in [7, 11) is 0. The molecule has 0 saturated carbocycles. The van der Waals surface area contributed by atoms with Gasteiger partial charge in [-0.1, -0.05) is 55.8 Å². The first kappa shape index (κ1) is 19.6. The van der Waals surface area contributed by atoms with Gasteiger partial charge in [-0.05, 0) is 18.1 Å². The summed E-state index contributed by atoms with van der Waals surface area (Å²) in [6.07, 6.45) is 2.28. The van der Waals surface area contributed by atoms with E-state index in [0.717, 1.165) is 12.0 Å². The van der Waals surface area contributed by atoms with Crippen molar-refractivity contribution in [2.45, 2.75) is 31.6 Å². The number of ether oxygens (including phenoxy) is 1. The summed E-state index contributed by atoms with van der Waals surface area (Å²) in [6.45, 7) is 5.56. The SMILES string of the molecule is C=CCOC(=O)NC(CCC)C(=O)CSCc1ccccc1Cl. The molecule has 0 saturated heterocycles. The van der Waals surface area contributed by atoms with Gasteiger partial charge in [0.2, 0.25) is 0 Å². The molecule has 1 aromatic rings. The van der Waals surface area contributed by atoms with Crippen LogP contribution in [0.5, 0.6) is 0 Å². The topological polar surface area (TPSA) is 55.4 Å². The van der Waals surface area contributed by atoms with Gasteiger partial charge in [0.15, 0.2) is 5.78 Å². The molecule has 0 radical (unpaired) electrons. The van der Waals surface area contributed by atoms with E-state index in [1.54, 1.807) is 0 Å². The Morgan fingerprint density at radius 2 is 2.17 bits per heavy atom. The summed E-state index contributed by atoms with van der Waals surface area (Å²) in [6, 6.07) is 7.04. The fourth-order valence-electron chi connectivity index (χ4n) is 1.90. The van der Waals surface area contributed by atoms with Gasteiger partial charge < -0.3 is 10.1 Å². The van der Waals surface area contributed by atoms with E-state index < -0.39 is 12.1 Å². The third-order valence-corrected chi connectivity index (χ3v) is 4.42. The van der Waals surface area contributed by atoms with E-state index in [1.807, 2.05) is 31.2 Å². The number of carbonyl (C=O) groups is 2. The van der Waals surface area contributed by atoms with E-state index >= 15 is 0 Å². The van der Waals surface area contributed by atoms with Crippen LogP contribution < -0.4 is 5.32 Å². The molecule has 23 heavy (non-hydrogen) atoms. The van der Waals surface area contributed by atoms with Crippen LogP contribution in [0.4, 0.5) is 4.79 Å². The smallest absolute Gasteiger partial charge is 0.408 e. The third-order valence-electron chi connectivity index (χ3n) is 3.05. The van der Waals surface area contributed by atoms with E-state index in [9.17, 15) is 9.59 Å². The van der Waals surface area contributed by atoms with Crippen LogP contribution in [0, 0.1) is 0 Å². The van der Waals surface area contributed by atoms with Gasteiger partial charge >= 0.3 is 6.09 Å². The molecule has 0 spiro atoms. The lowest BCUT2D eigenvalue weighted by Gasteiger charge is -2.16. The van der Waals surface area contributed by atoms with Crippen molar-refractivity contribution in [3.8, 4) is 0 Å². The maximum absolute atomic E-state index is 12.3. The third kappa shape index (κ3) is 7.57. The normalized spacial score (nSPS) is 11.6. The van der Waals surface area contributed by atoms with E-state index in [4.69, 9.17) is 16.3 Å². The predicted molar refractivity (Wildman–Crippen MR) is 96.0 cm³/mol. The monoisotopic (exact) mass is 355 g/mol. The van der Waals surface area contributed by atoms with Crippen molar-refractivity contribution >= 4 is 35.2 Å². The van der Waals surface area contributed by atoms with Gasteiger partial charge in [0.25, 0.3) is 0 Å². The first-order chi connectivity index (χ1) is 11.1. The Morgan fingerprint density at radius 1 is 1.43 bits per heavy atom. The van der Waals surface area contributed by atoms with Crippen LogP contribution in [0.1, 0.15) is 25.3 Å². The number of halogens is 1. The largest absolute Gasteiger partial charge is 0.445 e. The van der Waals surface area contributed by atoms with Gasteiger partial charge in [-0.25, -0.2) is 4.79 Å². The number of carbonyl (C=O) groups excluding carboxylic acids is 2. The van der Waals surface area contributed by atoms with Crippen molar-refractivity contribution in [2.24, 2.45) is 0 Å². The van der Waals surface area contributed by atoms with Crippen molar-refractivity contribution in [3.05, 3.63) is 47.5 Å². The maximum atomic E-state index is 12.3. The first-order valence-electron chi connectivity index (χ1n) is 7.46. The number of nitrogens with one attached hydrogen (secondary N) is 1. The molecule has 0 fully saturated rings. The Kier molecular flexibility index (Phi) is 9.48. The lowest BCUT2D eigenvalue weighted by Crippen LogP contribution is -2.42. The molecule has 0 aliphatic heterocycles. The quantitative estimate of drug-likeness (QED) is 0.638. The van der Waals surface area contributed by atoms with E-state index in [1.165, 1.54) is 17.8 Å². The molecule has 1 amide bonds. The standard InChI is InChI=1S/C17H22ClNO3S/c1-3-7-15(19-17(21)22-10-4-2)16(20)12-23-11-13-8-5-6-9-14(13)18/h4-6,8-9,15H,2-3,7,10-12H2,1H3,(H,19,21). The fourth-order valence-corrected chi connectivity index (χ4v) is 3.16. The predicted octanol–water partition coefficient (Wildman–Crippen LogP) is 4.22. The van der Waals surface area contributed by atoms with Crippen molar-refractivity contribution < 1.29 is 14.3 Å². The highest BCUT2D eigenvalue weighted by Crippen LogP contribution is 2.21. The maximum Gasteiger partial charge on any atom is 0.408 e. The van der Waals surface area contributed by atoms with Crippen molar-refractivity contribution in [2.75, 3.05) is 12.4 Å². The van der Waals surface area contributed by atoms with E-state index in [-0.39, 0.29) is 12.4 Å². The summed E-state index contributed by atoms with van der Waals surface area (Å²) >= 11 is 7.57. The molecule has 1 aromatic carbocycles. The minimum Gasteiger partial charge on any atom is -0.445 e. The Balaban J connectivity index is 2.46. The number of thioether (sulfide) groups is 1. The van der Waals surface area contributed by atoms with Crippen LogP contribution in [0.25, 0.3) is 0 Å². The number of hydrogen-bond acceptors (Lipinski definition) is 4. The summed E-state index contributed by atoms with van der Waals surface area (Å²) < 4.78 is 4.86. The average molecular weight is 356 g/mol. The van der Waals surface area contributed by atoms with Gasteiger partial charge in [-0.15, -0.1) is 11.8 Å². The number of Topliss-reactive ketones (excluding diaryl/α,β-unsaturated/α-hetero) is 1. The zero-order valence-electron chi connectivity index (χ0n) is 13.2. The van der Waals surface area contributed by atoms with E-state index in [0.29, 0.717) is 22.9 Å². The van der Waals surface area contributed by atoms with Crippen LogP contribution in [-0.2, 0) is 15.3 Å². The molecular weight excluding hydrogens is 334 g/mol. The molecule has 0 aliphatic rings. The number of benzene rings is 1. The van der Waals surface area contributed by atoms with Gasteiger partial charge in [-0.3, -0.25) is 4.79 Å². The highest BCUT2D eigenvalue weighted by Gasteiger charge is 2.20. The highest BCUT2D eigenvalue weighted by molar-refractivity contribution is 7.99. The number of amides is 1. The van der Waals surface area contributed by atoms with Gasteiger partial charge in [0.1, 0.15) is 6.61 Å². The molecule has 0 bridgehead atoms. The molecule has 1 unspecified atom stereocenters. The summed E-state index contributed by atoms with van der Waals surface area (Å²) in [5, 5.41) is 3.31. The minimum absolute atomic E-state index is 0.0144. The molecule has 0 aromatic heterocycles. The minimum atomic E-state index is -0.590. The molecule has 0 aliphatic carbocycles. The summed E-state index contributed by atoms with van der Waals surface area (Å²) in [5.41, 5.74) is 0.998. The van der Waals surface area contributed by atoms with E-state index in [2.05, 4.69) is 11.9 Å². The van der Waals surface area contributed by atoms with Crippen molar-refractivity contribution in [3.63, 3.8) is 0 Å². The lowest BCUT2D eigenvalue weighted by molar-refractivity contribution is -0.118. The Morgan fingerprint density at radius 3 is 2.83 bits per heavy atom. The molecule has 1 N–H and O–H groups in total. The van der Waals surface area contributed by atoms with Crippen LogP contribution >= 0.6 is 23.4 Å². The number of ketones is 1. The molecule has 1 rings (SSSR count). The molecule has 6 heteroatoms. The summed E-state index contributed by atoms with van der Waals surface area (Å²) in [5.74, 6) is 0.961. The van der Waals surface area contributed by atoms with Crippen LogP contribution in [0.2, 0.25) is 5.02 Å². The molecule has 4 nitrogen and oxygen atoms in total. The Hall–Kier alpha value is -1.46. The zero-order valence-corrected chi connectivity index (χ0v) is 14.8. The first-order valence-corrected chi connectivity index (χ1v) is 8.99. The van der Waals surface area contributed by atoms with Gasteiger partial charge in [0.05, 0.1) is 11.8 Å². The summed E-state index contributed by atoms with van der Waals surface area (Å²) in [4.78, 5) is 23.8.